The van der Waals surface area contributed by atoms with Gasteiger partial charge in [-0.25, -0.2) is 0 Å². The third kappa shape index (κ3) is 3.28. The predicted octanol–water partition coefficient (Wildman–Crippen LogP) is 2.14. The Morgan fingerprint density at radius 3 is 2.38 bits per heavy atom. The van der Waals surface area contributed by atoms with Crippen LogP contribution in [0.2, 0.25) is 0 Å². The Balaban J connectivity index is 2.27. The van der Waals surface area contributed by atoms with Crippen LogP contribution in [-0.4, -0.2) is 38.3 Å². The molecule has 1 rings (SSSR count). The Labute approximate surface area is 82.3 Å². The summed E-state index contributed by atoms with van der Waals surface area (Å²) in [5.41, 5.74) is 0.528. The Bertz CT molecular complexity index is 143. The minimum Gasteiger partial charge on any atom is -0.384 e. The van der Waals surface area contributed by atoms with Gasteiger partial charge in [-0.2, -0.15) is 0 Å². The summed E-state index contributed by atoms with van der Waals surface area (Å²) in [6.07, 6.45) is 3.99. The molecule has 2 nitrogen and oxygen atoms in total. The molecule has 1 saturated carbocycles. The first-order chi connectivity index (χ1) is 6.26. The second kappa shape index (κ2) is 4.97. The van der Waals surface area contributed by atoms with Crippen LogP contribution >= 0.6 is 0 Å². The summed E-state index contributed by atoms with van der Waals surface area (Å²) in [5.74, 6) is 0. The lowest BCUT2D eigenvalue weighted by atomic mass is 10.1. The monoisotopic (exact) mass is 185 g/mol. The smallest absolute Gasteiger partial charge is 0.0530 e. The zero-order valence-electron chi connectivity index (χ0n) is 9.31. The molecule has 2 heteroatoms. The van der Waals surface area contributed by atoms with Gasteiger partial charge >= 0.3 is 0 Å². The Morgan fingerprint density at radius 2 is 2.00 bits per heavy atom. The summed E-state index contributed by atoms with van der Waals surface area (Å²) in [6, 6.07) is 0. The standard InChI is InChI=1S/C11H23NO/c1-4-8-12(5-2)9-11(6-7-11)10-13-3/h4-10H2,1-3H3. The van der Waals surface area contributed by atoms with Crippen molar-refractivity contribution >= 4 is 0 Å². The molecule has 0 aromatic carbocycles. The van der Waals surface area contributed by atoms with Crippen molar-refractivity contribution in [1.82, 2.24) is 4.90 Å². The zero-order chi connectivity index (χ0) is 9.73. The van der Waals surface area contributed by atoms with E-state index in [-0.39, 0.29) is 0 Å². The molecule has 0 amide bonds. The maximum atomic E-state index is 5.27. The van der Waals surface area contributed by atoms with Gasteiger partial charge in [-0.15, -0.1) is 0 Å². The van der Waals surface area contributed by atoms with Crippen LogP contribution in [0.3, 0.4) is 0 Å². The second-order valence-corrected chi connectivity index (χ2v) is 4.30. The maximum Gasteiger partial charge on any atom is 0.0530 e. The van der Waals surface area contributed by atoms with E-state index in [0.717, 1.165) is 6.61 Å². The fraction of sp³-hybridized carbons (Fsp3) is 1.00. The molecule has 0 atom stereocenters. The van der Waals surface area contributed by atoms with Crippen LogP contribution in [0.25, 0.3) is 0 Å². The first kappa shape index (κ1) is 11.0. The summed E-state index contributed by atoms with van der Waals surface area (Å²) in [4.78, 5) is 2.55. The van der Waals surface area contributed by atoms with Gasteiger partial charge in [0.25, 0.3) is 0 Å². The van der Waals surface area contributed by atoms with E-state index in [1.165, 1.54) is 38.9 Å². The fourth-order valence-electron chi connectivity index (χ4n) is 1.97. The molecular weight excluding hydrogens is 162 g/mol. The van der Waals surface area contributed by atoms with Crippen LogP contribution in [0.1, 0.15) is 33.1 Å². The van der Waals surface area contributed by atoms with Crippen LogP contribution in [0.4, 0.5) is 0 Å². The van der Waals surface area contributed by atoms with Crippen molar-refractivity contribution in [1.29, 1.82) is 0 Å². The topological polar surface area (TPSA) is 12.5 Å². The zero-order valence-corrected chi connectivity index (χ0v) is 9.31. The molecule has 0 heterocycles. The van der Waals surface area contributed by atoms with E-state index >= 15 is 0 Å². The molecule has 0 saturated heterocycles. The van der Waals surface area contributed by atoms with Crippen LogP contribution in [-0.2, 0) is 4.74 Å². The van der Waals surface area contributed by atoms with Crippen molar-refractivity contribution in [2.24, 2.45) is 5.41 Å². The average molecular weight is 185 g/mol. The third-order valence-electron chi connectivity index (χ3n) is 2.95. The van der Waals surface area contributed by atoms with Gasteiger partial charge in [0.05, 0.1) is 6.61 Å². The van der Waals surface area contributed by atoms with Crippen LogP contribution in [0.15, 0.2) is 0 Å². The summed E-state index contributed by atoms with van der Waals surface area (Å²) < 4.78 is 5.27. The quantitative estimate of drug-likeness (QED) is 0.602. The fourth-order valence-corrected chi connectivity index (χ4v) is 1.97. The lowest BCUT2D eigenvalue weighted by Crippen LogP contribution is -2.33. The Kier molecular flexibility index (Phi) is 4.20. The van der Waals surface area contributed by atoms with Gasteiger partial charge in [0.1, 0.15) is 0 Å². The van der Waals surface area contributed by atoms with Gasteiger partial charge in [-0.1, -0.05) is 13.8 Å². The van der Waals surface area contributed by atoms with E-state index in [1.54, 1.807) is 0 Å². The summed E-state index contributed by atoms with van der Waals surface area (Å²) in [7, 11) is 1.82. The summed E-state index contributed by atoms with van der Waals surface area (Å²) in [5, 5.41) is 0. The molecule has 0 radical (unpaired) electrons. The number of rotatable bonds is 7. The number of methoxy groups -OCH3 is 1. The normalized spacial score (nSPS) is 19.4. The molecule has 0 aliphatic heterocycles. The van der Waals surface area contributed by atoms with Crippen molar-refractivity contribution in [3.8, 4) is 0 Å². The lowest BCUT2D eigenvalue weighted by molar-refractivity contribution is 0.110. The van der Waals surface area contributed by atoms with Gasteiger partial charge in [0.2, 0.25) is 0 Å². The number of hydrogen-bond acceptors (Lipinski definition) is 2. The first-order valence-electron chi connectivity index (χ1n) is 5.47. The van der Waals surface area contributed by atoms with Crippen LogP contribution in [0, 0.1) is 5.41 Å². The molecule has 0 unspecified atom stereocenters. The van der Waals surface area contributed by atoms with Crippen LogP contribution in [0.5, 0.6) is 0 Å². The highest BCUT2D eigenvalue weighted by atomic mass is 16.5. The van der Waals surface area contributed by atoms with E-state index in [9.17, 15) is 0 Å². The van der Waals surface area contributed by atoms with Gasteiger partial charge in [0, 0.05) is 19.1 Å². The Hall–Kier alpha value is -0.0800. The molecule has 1 aliphatic carbocycles. The molecule has 0 aromatic heterocycles. The van der Waals surface area contributed by atoms with E-state index in [4.69, 9.17) is 4.74 Å². The highest BCUT2D eigenvalue weighted by Gasteiger charge is 2.43. The summed E-state index contributed by atoms with van der Waals surface area (Å²) in [6.45, 7) is 9.11. The van der Waals surface area contributed by atoms with Gasteiger partial charge in [0.15, 0.2) is 0 Å². The number of ether oxygens (including phenoxy) is 1. The molecule has 0 N–H and O–H groups in total. The van der Waals surface area contributed by atoms with Crippen molar-refractivity contribution in [2.75, 3.05) is 33.4 Å². The maximum absolute atomic E-state index is 5.27. The highest BCUT2D eigenvalue weighted by molar-refractivity contribution is 4.95. The molecule has 78 valence electrons. The molecule has 0 bridgehead atoms. The molecule has 0 spiro atoms. The third-order valence-corrected chi connectivity index (χ3v) is 2.95. The molecule has 1 fully saturated rings. The first-order valence-corrected chi connectivity index (χ1v) is 5.47. The van der Waals surface area contributed by atoms with Crippen LogP contribution < -0.4 is 0 Å². The van der Waals surface area contributed by atoms with Gasteiger partial charge < -0.3 is 9.64 Å². The molecule has 0 aromatic rings. The minimum absolute atomic E-state index is 0.528. The van der Waals surface area contributed by atoms with Gasteiger partial charge in [-0.3, -0.25) is 0 Å². The summed E-state index contributed by atoms with van der Waals surface area (Å²) >= 11 is 0. The van der Waals surface area contributed by atoms with Crippen molar-refractivity contribution in [2.45, 2.75) is 33.1 Å². The largest absolute Gasteiger partial charge is 0.384 e. The Morgan fingerprint density at radius 1 is 1.31 bits per heavy atom. The molecule has 13 heavy (non-hydrogen) atoms. The number of nitrogens with zero attached hydrogens (tertiary/aromatic N) is 1. The van der Waals surface area contributed by atoms with E-state index in [1.807, 2.05) is 7.11 Å². The van der Waals surface area contributed by atoms with E-state index in [0.29, 0.717) is 5.41 Å². The molecule has 1 aliphatic rings. The number of hydrogen-bond donors (Lipinski definition) is 0. The second-order valence-electron chi connectivity index (χ2n) is 4.30. The SMILES string of the molecule is CCCN(CC)CC1(COC)CC1. The van der Waals surface area contributed by atoms with Crippen molar-refractivity contribution < 1.29 is 4.74 Å². The predicted molar refractivity (Wildman–Crippen MR) is 55.9 cm³/mol. The van der Waals surface area contributed by atoms with Crippen molar-refractivity contribution in [3.63, 3.8) is 0 Å². The molecular formula is C11H23NO. The average Bonchev–Trinajstić information content (AvgIpc) is 2.85. The van der Waals surface area contributed by atoms with Crippen molar-refractivity contribution in [3.05, 3.63) is 0 Å². The van der Waals surface area contributed by atoms with E-state index < -0.39 is 0 Å². The van der Waals surface area contributed by atoms with Gasteiger partial charge in [-0.05, 0) is 32.4 Å². The minimum atomic E-state index is 0.528. The van der Waals surface area contributed by atoms with E-state index in [2.05, 4.69) is 18.7 Å². The lowest BCUT2D eigenvalue weighted by Gasteiger charge is -2.25. The highest BCUT2D eigenvalue weighted by Crippen LogP contribution is 2.46.